The van der Waals surface area contributed by atoms with Crippen LogP contribution < -0.4 is 4.74 Å². The van der Waals surface area contributed by atoms with E-state index >= 15 is 0 Å². The second kappa shape index (κ2) is 7.08. The molecule has 0 heterocycles. The topological polar surface area (TPSA) is 63.6 Å². The predicted molar refractivity (Wildman–Crippen MR) is 77.5 cm³/mol. The minimum Gasteiger partial charge on any atom is -0.490 e. The minimum atomic E-state index is -0.878. The largest absolute Gasteiger partial charge is 0.490 e. The molecule has 0 fully saturated rings. The summed E-state index contributed by atoms with van der Waals surface area (Å²) in [7, 11) is 0. The van der Waals surface area contributed by atoms with Gasteiger partial charge in [0, 0.05) is 12.8 Å². The van der Waals surface area contributed by atoms with Gasteiger partial charge in [-0.05, 0) is 51.3 Å². The lowest BCUT2D eigenvalue weighted by Crippen LogP contribution is -2.12. The highest BCUT2D eigenvalue weighted by atomic mass is 16.5. The summed E-state index contributed by atoms with van der Waals surface area (Å²) in [6, 6.07) is 3.79. The van der Waals surface area contributed by atoms with Crippen molar-refractivity contribution in [1.29, 1.82) is 0 Å². The third-order valence-electron chi connectivity index (χ3n) is 2.87. The van der Waals surface area contributed by atoms with Gasteiger partial charge in [-0.15, -0.1) is 0 Å². The maximum Gasteiger partial charge on any atom is 0.303 e. The average molecular weight is 278 g/mol. The van der Waals surface area contributed by atoms with E-state index in [1.165, 1.54) is 0 Å². The summed E-state index contributed by atoms with van der Waals surface area (Å²) in [5, 5.41) is 8.62. The standard InChI is InChI=1S/C16H22O4/c1-10(2)20-16-12(4)8-11(3)9-13(16)14(17)6-5-7-15(18)19/h8-10H,5-7H2,1-4H3,(H,18,19). The fraction of sp³-hybridized carbons (Fsp3) is 0.500. The molecule has 1 aromatic rings. The van der Waals surface area contributed by atoms with Crippen molar-refractivity contribution in [2.24, 2.45) is 0 Å². The van der Waals surface area contributed by atoms with Gasteiger partial charge in [-0.25, -0.2) is 0 Å². The first-order valence-corrected chi connectivity index (χ1v) is 6.84. The second-order valence-electron chi connectivity index (χ2n) is 5.30. The number of aliphatic carboxylic acids is 1. The molecule has 0 saturated carbocycles. The molecule has 1 aromatic carbocycles. The van der Waals surface area contributed by atoms with Crippen molar-refractivity contribution in [3.63, 3.8) is 0 Å². The molecule has 0 radical (unpaired) electrons. The highest BCUT2D eigenvalue weighted by molar-refractivity contribution is 5.99. The number of carbonyl (C=O) groups excluding carboxylic acids is 1. The Morgan fingerprint density at radius 2 is 1.85 bits per heavy atom. The first-order chi connectivity index (χ1) is 9.31. The average Bonchev–Trinajstić information content (AvgIpc) is 2.31. The molecule has 1 rings (SSSR count). The number of ether oxygens (including phenoxy) is 1. The summed E-state index contributed by atoms with van der Waals surface area (Å²) in [6.45, 7) is 7.68. The molecule has 4 nitrogen and oxygen atoms in total. The summed E-state index contributed by atoms with van der Waals surface area (Å²) < 4.78 is 5.74. The zero-order valence-electron chi connectivity index (χ0n) is 12.5. The van der Waals surface area contributed by atoms with E-state index in [9.17, 15) is 9.59 Å². The normalized spacial score (nSPS) is 10.7. The van der Waals surface area contributed by atoms with E-state index in [-0.39, 0.29) is 24.7 Å². The van der Waals surface area contributed by atoms with E-state index in [1.807, 2.05) is 39.8 Å². The molecule has 0 saturated heterocycles. The Morgan fingerprint density at radius 1 is 1.20 bits per heavy atom. The Kier molecular flexibility index (Phi) is 5.74. The fourth-order valence-electron chi connectivity index (χ4n) is 2.09. The number of ketones is 1. The van der Waals surface area contributed by atoms with Gasteiger partial charge in [-0.1, -0.05) is 6.07 Å². The quantitative estimate of drug-likeness (QED) is 0.775. The number of hydrogen-bond donors (Lipinski definition) is 1. The number of carboxylic acids is 1. The number of aryl methyl sites for hydroxylation is 2. The third-order valence-corrected chi connectivity index (χ3v) is 2.87. The van der Waals surface area contributed by atoms with Crippen molar-refractivity contribution < 1.29 is 19.4 Å². The number of carbonyl (C=O) groups is 2. The highest BCUT2D eigenvalue weighted by Crippen LogP contribution is 2.28. The molecular weight excluding hydrogens is 256 g/mol. The number of rotatable bonds is 7. The summed E-state index contributed by atoms with van der Waals surface area (Å²) >= 11 is 0. The van der Waals surface area contributed by atoms with Crippen molar-refractivity contribution in [2.75, 3.05) is 0 Å². The number of hydrogen-bond acceptors (Lipinski definition) is 3. The lowest BCUT2D eigenvalue weighted by molar-refractivity contribution is -0.137. The van der Waals surface area contributed by atoms with Crippen molar-refractivity contribution in [3.8, 4) is 5.75 Å². The Labute approximate surface area is 119 Å². The van der Waals surface area contributed by atoms with E-state index in [0.29, 0.717) is 17.7 Å². The van der Waals surface area contributed by atoms with Gasteiger partial charge in [-0.3, -0.25) is 9.59 Å². The van der Waals surface area contributed by atoms with Gasteiger partial charge in [0.2, 0.25) is 0 Å². The molecule has 0 aliphatic carbocycles. The fourth-order valence-corrected chi connectivity index (χ4v) is 2.09. The summed E-state index contributed by atoms with van der Waals surface area (Å²) in [5.74, 6) is -0.323. The molecule has 0 spiro atoms. The van der Waals surface area contributed by atoms with Crippen LogP contribution in [0.3, 0.4) is 0 Å². The maximum absolute atomic E-state index is 12.3. The smallest absolute Gasteiger partial charge is 0.303 e. The van der Waals surface area contributed by atoms with Crippen molar-refractivity contribution in [3.05, 3.63) is 28.8 Å². The minimum absolute atomic E-state index is 0.0108. The van der Waals surface area contributed by atoms with Crippen molar-refractivity contribution >= 4 is 11.8 Å². The molecule has 0 aromatic heterocycles. The van der Waals surface area contributed by atoms with Gasteiger partial charge in [0.1, 0.15) is 5.75 Å². The van der Waals surface area contributed by atoms with Gasteiger partial charge in [0.05, 0.1) is 11.7 Å². The van der Waals surface area contributed by atoms with Gasteiger partial charge in [-0.2, -0.15) is 0 Å². The number of Topliss-reactive ketones (excluding diaryl/α,β-unsaturated/α-hetero) is 1. The van der Waals surface area contributed by atoms with Crippen LogP contribution >= 0.6 is 0 Å². The molecule has 0 aliphatic heterocycles. The van der Waals surface area contributed by atoms with E-state index in [4.69, 9.17) is 9.84 Å². The molecule has 110 valence electrons. The number of carboxylic acid groups (broad SMARTS) is 1. The van der Waals surface area contributed by atoms with Crippen LogP contribution in [0.5, 0.6) is 5.75 Å². The Bertz CT molecular complexity index is 503. The van der Waals surface area contributed by atoms with Crippen LogP contribution in [0.1, 0.15) is 54.6 Å². The molecular formula is C16H22O4. The van der Waals surface area contributed by atoms with Crippen LogP contribution in [0.2, 0.25) is 0 Å². The maximum atomic E-state index is 12.3. The van der Waals surface area contributed by atoms with Crippen LogP contribution in [-0.2, 0) is 4.79 Å². The van der Waals surface area contributed by atoms with Crippen LogP contribution in [0.15, 0.2) is 12.1 Å². The van der Waals surface area contributed by atoms with Crippen LogP contribution in [0, 0.1) is 13.8 Å². The van der Waals surface area contributed by atoms with Gasteiger partial charge >= 0.3 is 5.97 Å². The lowest BCUT2D eigenvalue weighted by atomic mass is 9.99. The van der Waals surface area contributed by atoms with Crippen molar-refractivity contribution in [1.82, 2.24) is 0 Å². The van der Waals surface area contributed by atoms with Gasteiger partial charge in [0.15, 0.2) is 5.78 Å². The van der Waals surface area contributed by atoms with Gasteiger partial charge in [0.25, 0.3) is 0 Å². The van der Waals surface area contributed by atoms with E-state index in [2.05, 4.69) is 0 Å². The zero-order chi connectivity index (χ0) is 15.3. The summed E-state index contributed by atoms with van der Waals surface area (Å²) in [4.78, 5) is 22.8. The monoisotopic (exact) mass is 278 g/mol. The zero-order valence-corrected chi connectivity index (χ0v) is 12.5. The van der Waals surface area contributed by atoms with Gasteiger partial charge < -0.3 is 9.84 Å². The lowest BCUT2D eigenvalue weighted by Gasteiger charge is -2.17. The molecule has 20 heavy (non-hydrogen) atoms. The molecule has 0 atom stereocenters. The first kappa shape index (κ1) is 16.2. The molecule has 0 aliphatic rings. The molecule has 0 unspecified atom stereocenters. The van der Waals surface area contributed by atoms with Crippen LogP contribution in [-0.4, -0.2) is 23.0 Å². The summed E-state index contributed by atoms with van der Waals surface area (Å²) in [6.07, 6.45) is 0.574. The summed E-state index contributed by atoms with van der Waals surface area (Å²) in [5.41, 5.74) is 2.49. The number of benzene rings is 1. The van der Waals surface area contributed by atoms with E-state index in [1.54, 1.807) is 0 Å². The van der Waals surface area contributed by atoms with E-state index < -0.39 is 5.97 Å². The molecule has 0 bridgehead atoms. The molecule has 1 N–H and O–H groups in total. The highest BCUT2D eigenvalue weighted by Gasteiger charge is 2.17. The molecule has 4 heteroatoms. The predicted octanol–water partition coefficient (Wildman–Crippen LogP) is 3.53. The van der Waals surface area contributed by atoms with Crippen LogP contribution in [0.4, 0.5) is 0 Å². The van der Waals surface area contributed by atoms with Crippen LogP contribution in [0.25, 0.3) is 0 Å². The second-order valence-corrected chi connectivity index (χ2v) is 5.30. The Balaban J connectivity index is 2.96. The van der Waals surface area contributed by atoms with Crippen molar-refractivity contribution in [2.45, 2.75) is 53.1 Å². The Hall–Kier alpha value is -1.84. The first-order valence-electron chi connectivity index (χ1n) is 6.84. The van der Waals surface area contributed by atoms with E-state index in [0.717, 1.165) is 11.1 Å². The molecule has 0 amide bonds. The SMILES string of the molecule is Cc1cc(C)c(OC(C)C)c(C(=O)CCCC(=O)O)c1. The Morgan fingerprint density at radius 3 is 2.40 bits per heavy atom. The third kappa shape index (κ3) is 4.68.